The van der Waals surface area contributed by atoms with Gasteiger partial charge < -0.3 is 10.2 Å². The second-order valence-corrected chi connectivity index (χ2v) is 7.49. The maximum absolute atomic E-state index is 6.06. The van der Waals surface area contributed by atoms with E-state index in [0.29, 0.717) is 22.9 Å². The van der Waals surface area contributed by atoms with Crippen molar-refractivity contribution in [3.05, 3.63) is 59.9 Å². The summed E-state index contributed by atoms with van der Waals surface area (Å²) in [6.07, 6.45) is 3.56. The van der Waals surface area contributed by atoms with Crippen molar-refractivity contribution in [1.29, 1.82) is 0 Å². The van der Waals surface area contributed by atoms with Crippen LogP contribution in [0.1, 0.15) is 13.8 Å². The van der Waals surface area contributed by atoms with Crippen LogP contribution in [0.4, 0.5) is 5.82 Å². The van der Waals surface area contributed by atoms with Gasteiger partial charge in [-0.25, -0.2) is 9.97 Å². The highest BCUT2D eigenvalue weighted by molar-refractivity contribution is 6.30. The second kappa shape index (κ2) is 7.62. The maximum Gasteiger partial charge on any atom is 0.163 e. The van der Waals surface area contributed by atoms with Gasteiger partial charge in [0.1, 0.15) is 5.82 Å². The zero-order chi connectivity index (χ0) is 18.8. The Morgan fingerprint density at radius 3 is 2.41 bits per heavy atom. The molecule has 0 saturated carbocycles. The number of aromatic nitrogens is 3. The molecular weight excluding hydrogens is 358 g/mol. The smallest absolute Gasteiger partial charge is 0.163 e. The molecule has 1 aliphatic heterocycles. The van der Waals surface area contributed by atoms with Gasteiger partial charge in [-0.2, -0.15) is 0 Å². The lowest BCUT2D eigenvalue weighted by Crippen LogP contribution is -2.54. The lowest BCUT2D eigenvalue weighted by Gasteiger charge is -2.37. The van der Waals surface area contributed by atoms with Gasteiger partial charge in [-0.1, -0.05) is 23.7 Å². The van der Waals surface area contributed by atoms with Crippen LogP contribution in [-0.4, -0.2) is 40.1 Å². The van der Waals surface area contributed by atoms with E-state index in [2.05, 4.69) is 35.1 Å². The standard InChI is InChI=1S/C21H22ClN5/c1-14-12-27(13-15(2)24-14)20-10-19(16-5-7-18(22)8-6-16)25-21(26-20)17-4-3-9-23-11-17/h3-11,14-15,24H,12-13H2,1-2H3. The fraction of sp³-hybridized carbons (Fsp3) is 0.286. The van der Waals surface area contributed by atoms with Crippen molar-refractivity contribution in [1.82, 2.24) is 20.3 Å². The van der Waals surface area contributed by atoms with Crippen molar-refractivity contribution in [3.8, 4) is 22.6 Å². The topological polar surface area (TPSA) is 53.9 Å². The lowest BCUT2D eigenvalue weighted by molar-refractivity contribution is 0.405. The van der Waals surface area contributed by atoms with E-state index >= 15 is 0 Å². The van der Waals surface area contributed by atoms with Gasteiger partial charge in [-0.05, 0) is 38.1 Å². The molecule has 0 bridgehead atoms. The van der Waals surface area contributed by atoms with E-state index in [-0.39, 0.29) is 0 Å². The number of nitrogens with one attached hydrogen (secondary N) is 1. The summed E-state index contributed by atoms with van der Waals surface area (Å²) in [6.45, 7) is 6.22. The summed E-state index contributed by atoms with van der Waals surface area (Å²) in [5.74, 6) is 1.62. The molecule has 1 aliphatic rings. The number of piperazine rings is 1. The summed E-state index contributed by atoms with van der Waals surface area (Å²) in [6, 6.07) is 14.5. The van der Waals surface area contributed by atoms with Gasteiger partial charge in [0.2, 0.25) is 0 Å². The quantitative estimate of drug-likeness (QED) is 0.744. The van der Waals surface area contributed by atoms with Gasteiger partial charge in [0.05, 0.1) is 5.69 Å². The highest BCUT2D eigenvalue weighted by Gasteiger charge is 2.23. The van der Waals surface area contributed by atoms with Crippen LogP contribution in [0.2, 0.25) is 5.02 Å². The molecule has 0 spiro atoms. The van der Waals surface area contributed by atoms with Gasteiger partial charge in [0.15, 0.2) is 5.82 Å². The van der Waals surface area contributed by atoms with Gasteiger partial charge in [-0.3, -0.25) is 4.98 Å². The molecule has 3 heterocycles. The summed E-state index contributed by atoms with van der Waals surface area (Å²) >= 11 is 6.06. The minimum absolute atomic E-state index is 0.407. The van der Waals surface area contributed by atoms with E-state index in [1.54, 1.807) is 12.4 Å². The third-order valence-corrected chi connectivity index (χ3v) is 4.91. The zero-order valence-electron chi connectivity index (χ0n) is 15.4. The third kappa shape index (κ3) is 4.10. The highest BCUT2D eigenvalue weighted by Crippen LogP contribution is 2.27. The van der Waals surface area contributed by atoms with Crippen LogP contribution in [0.5, 0.6) is 0 Å². The predicted octanol–water partition coefficient (Wildman–Crippen LogP) is 4.05. The van der Waals surface area contributed by atoms with Crippen LogP contribution in [-0.2, 0) is 0 Å². The fourth-order valence-electron chi connectivity index (χ4n) is 3.50. The molecule has 27 heavy (non-hydrogen) atoms. The number of anilines is 1. The first kappa shape index (κ1) is 17.9. The van der Waals surface area contributed by atoms with Crippen LogP contribution in [0.3, 0.4) is 0 Å². The van der Waals surface area contributed by atoms with E-state index < -0.39 is 0 Å². The molecule has 6 heteroatoms. The number of rotatable bonds is 3. The molecule has 3 aromatic rings. The van der Waals surface area contributed by atoms with Gasteiger partial charge >= 0.3 is 0 Å². The number of nitrogens with zero attached hydrogens (tertiary/aromatic N) is 4. The molecule has 1 aromatic carbocycles. The van der Waals surface area contributed by atoms with E-state index in [1.165, 1.54) is 0 Å². The summed E-state index contributed by atoms with van der Waals surface area (Å²) in [5.41, 5.74) is 2.81. The Morgan fingerprint density at radius 1 is 1.00 bits per heavy atom. The molecule has 0 aliphatic carbocycles. The SMILES string of the molecule is CC1CN(c2cc(-c3ccc(Cl)cc3)nc(-c3cccnc3)n2)CC(C)N1. The van der Waals surface area contributed by atoms with Crippen LogP contribution < -0.4 is 10.2 Å². The summed E-state index contributed by atoms with van der Waals surface area (Å²) in [7, 11) is 0. The van der Waals surface area contributed by atoms with Crippen molar-refractivity contribution in [2.45, 2.75) is 25.9 Å². The first-order chi connectivity index (χ1) is 13.1. The molecule has 0 radical (unpaired) electrons. The monoisotopic (exact) mass is 379 g/mol. The van der Waals surface area contributed by atoms with Crippen molar-refractivity contribution in [3.63, 3.8) is 0 Å². The fourth-order valence-corrected chi connectivity index (χ4v) is 3.63. The molecule has 2 unspecified atom stereocenters. The van der Waals surface area contributed by atoms with Crippen molar-refractivity contribution < 1.29 is 0 Å². The van der Waals surface area contributed by atoms with Gasteiger partial charge in [0, 0.05) is 59.8 Å². The average molecular weight is 380 g/mol. The minimum Gasteiger partial charge on any atom is -0.353 e. The van der Waals surface area contributed by atoms with Crippen LogP contribution in [0.25, 0.3) is 22.6 Å². The average Bonchev–Trinajstić information content (AvgIpc) is 2.68. The summed E-state index contributed by atoms with van der Waals surface area (Å²) < 4.78 is 0. The van der Waals surface area contributed by atoms with Crippen LogP contribution in [0, 0.1) is 0 Å². The van der Waals surface area contributed by atoms with Crippen LogP contribution in [0.15, 0.2) is 54.9 Å². The van der Waals surface area contributed by atoms with Crippen molar-refractivity contribution in [2.75, 3.05) is 18.0 Å². The molecule has 138 valence electrons. The molecule has 5 nitrogen and oxygen atoms in total. The number of halogens is 1. The largest absolute Gasteiger partial charge is 0.353 e. The first-order valence-electron chi connectivity index (χ1n) is 9.15. The minimum atomic E-state index is 0.407. The van der Waals surface area contributed by atoms with E-state index in [0.717, 1.165) is 35.7 Å². The third-order valence-electron chi connectivity index (χ3n) is 4.65. The summed E-state index contributed by atoms with van der Waals surface area (Å²) in [4.78, 5) is 16.2. The van der Waals surface area contributed by atoms with Gasteiger partial charge in [-0.15, -0.1) is 0 Å². The molecule has 4 rings (SSSR count). The number of hydrogen-bond donors (Lipinski definition) is 1. The second-order valence-electron chi connectivity index (χ2n) is 7.06. The maximum atomic E-state index is 6.06. The Kier molecular flexibility index (Phi) is 5.05. The number of pyridine rings is 1. The Bertz CT molecular complexity index is 904. The lowest BCUT2D eigenvalue weighted by atomic mass is 10.1. The Hall–Kier alpha value is -2.50. The predicted molar refractivity (Wildman–Crippen MR) is 110 cm³/mol. The molecular formula is C21H22ClN5. The van der Waals surface area contributed by atoms with Crippen LogP contribution >= 0.6 is 11.6 Å². The van der Waals surface area contributed by atoms with E-state index in [1.807, 2.05) is 36.4 Å². The first-order valence-corrected chi connectivity index (χ1v) is 9.53. The Labute approximate surface area is 164 Å². The van der Waals surface area contributed by atoms with Gasteiger partial charge in [0.25, 0.3) is 0 Å². The highest BCUT2D eigenvalue weighted by atomic mass is 35.5. The van der Waals surface area contributed by atoms with E-state index in [4.69, 9.17) is 21.6 Å². The molecule has 1 N–H and O–H groups in total. The molecule has 1 saturated heterocycles. The molecule has 1 fully saturated rings. The van der Waals surface area contributed by atoms with Crippen molar-refractivity contribution >= 4 is 17.4 Å². The number of benzene rings is 1. The number of hydrogen-bond acceptors (Lipinski definition) is 5. The van der Waals surface area contributed by atoms with E-state index in [9.17, 15) is 0 Å². The zero-order valence-corrected chi connectivity index (χ0v) is 16.2. The molecule has 2 atom stereocenters. The molecule has 2 aromatic heterocycles. The Morgan fingerprint density at radius 2 is 1.74 bits per heavy atom. The summed E-state index contributed by atoms with van der Waals surface area (Å²) in [5, 5.41) is 4.28. The normalized spacial score (nSPS) is 19.9. The molecule has 0 amide bonds. The van der Waals surface area contributed by atoms with Crippen molar-refractivity contribution in [2.24, 2.45) is 0 Å². The Balaban J connectivity index is 1.80.